The Morgan fingerprint density at radius 3 is 2.39 bits per heavy atom. The normalized spacial score (nSPS) is 11.3. The van der Waals surface area contributed by atoms with Crippen LogP contribution in [0.1, 0.15) is 37.6 Å². The maximum atomic E-state index is 12.4. The fraction of sp³-hybridized carbons (Fsp3) is 0.316. The second-order valence-electron chi connectivity index (χ2n) is 7.26. The fourth-order valence-corrected chi connectivity index (χ4v) is 4.30. The molecule has 0 unspecified atom stereocenters. The molecule has 0 saturated heterocycles. The topological polar surface area (TPSA) is 143 Å². The van der Waals surface area contributed by atoms with Crippen molar-refractivity contribution >= 4 is 45.0 Å². The van der Waals surface area contributed by atoms with E-state index in [2.05, 4.69) is 20.9 Å². The maximum Gasteiger partial charge on any atom is 0.407 e. The predicted molar refractivity (Wildman–Crippen MR) is 116 cm³/mol. The van der Waals surface area contributed by atoms with Crippen LogP contribution in [-0.2, 0) is 19.6 Å². The number of carbonyl (C=O) groups excluding carboxylic acids is 3. The number of hydrogen-bond acceptors (Lipinski definition) is 7. The van der Waals surface area contributed by atoms with E-state index in [9.17, 15) is 22.8 Å². The highest BCUT2D eigenvalue weighted by atomic mass is 32.2. The van der Waals surface area contributed by atoms with Gasteiger partial charge in [0.2, 0.25) is 5.91 Å². The summed E-state index contributed by atoms with van der Waals surface area (Å²) >= 11 is 1.04. The molecule has 0 aliphatic rings. The Balaban J connectivity index is 1.89. The molecule has 12 heteroatoms. The van der Waals surface area contributed by atoms with E-state index in [4.69, 9.17) is 4.74 Å². The summed E-state index contributed by atoms with van der Waals surface area (Å²) in [6.45, 7) is 5.15. The Morgan fingerprint density at radius 1 is 1.03 bits per heavy atom. The third kappa shape index (κ3) is 7.90. The molecule has 31 heavy (non-hydrogen) atoms. The number of carbonyl (C=O) groups is 3. The SMILES string of the molecule is CC(C)(C)OC(=O)NCCC(=O)NNC(=O)c1ccccc1NS(=O)(=O)c1cccs1. The van der Waals surface area contributed by atoms with Gasteiger partial charge >= 0.3 is 6.09 Å². The second-order valence-corrected chi connectivity index (χ2v) is 10.1. The molecule has 1 heterocycles. The van der Waals surface area contributed by atoms with E-state index in [1.165, 1.54) is 18.2 Å². The molecule has 4 N–H and O–H groups in total. The van der Waals surface area contributed by atoms with Gasteiger partial charge in [-0.25, -0.2) is 13.2 Å². The molecule has 3 amide bonds. The Hall–Kier alpha value is -3.12. The van der Waals surface area contributed by atoms with Crippen LogP contribution >= 0.6 is 11.3 Å². The average molecular weight is 469 g/mol. The highest BCUT2D eigenvalue weighted by Gasteiger charge is 2.20. The number of rotatable bonds is 7. The zero-order valence-corrected chi connectivity index (χ0v) is 18.9. The largest absolute Gasteiger partial charge is 0.444 e. The minimum absolute atomic E-state index is 0.00776. The fourth-order valence-electron chi connectivity index (χ4n) is 2.23. The highest BCUT2D eigenvalue weighted by molar-refractivity contribution is 7.94. The van der Waals surface area contributed by atoms with Crippen molar-refractivity contribution in [3.8, 4) is 0 Å². The molecule has 0 aliphatic heterocycles. The standard InChI is InChI=1S/C19H24N4O6S2/c1-19(2,3)29-18(26)20-11-10-15(24)21-22-17(25)13-7-4-5-8-14(13)23-31(27,28)16-9-6-12-30-16/h4-9,12,23H,10-11H2,1-3H3,(H,20,26)(H,21,24)(H,22,25). The number of thiophene rings is 1. The van der Waals surface area contributed by atoms with Crippen molar-refractivity contribution in [1.29, 1.82) is 0 Å². The number of hydrazine groups is 1. The van der Waals surface area contributed by atoms with Crippen molar-refractivity contribution in [2.45, 2.75) is 37.0 Å². The molecule has 0 fully saturated rings. The van der Waals surface area contributed by atoms with Gasteiger partial charge in [0.1, 0.15) is 9.81 Å². The number of benzene rings is 1. The Bertz CT molecular complexity index is 1030. The third-order valence-corrected chi connectivity index (χ3v) is 6.27. The molecule has 0 saturated carbocycles. The van der Waals surface area contributed by atoms with Crippen LogP contribution in [0.2, 0.25) is 0 Å². The molecule has 168 valence electrons. The summed E-state index contributed by atoms with van der Waals surface area (Å²) in [4.78, 5) is 35.9. The quantitative estimate of drug-likeness (QED) is 0.459. The van der Waals surface area contributed by atoms with E-state index >= 15 is 0 Å². The minimum atomic E-state index is -3.84. The molecule has 0 atom stereocenters. The predicted octanol–water partition coefficient (Wildman–Crippen LogP) is 2.22. The number of para-hydroxylation sites is 1. The van der Waals surface area contributed by atoms with Crippen molar-refractivity contribution in [1.82, 2.24) is 16.2 Å². The zero-order chi connectivity index (χ0) is 23.1. The number of amides is 3. The van der Waals surface area contributed by atoms with E-state index in [-0.39, 0.29) is 28.4 Å². The molecule has 1 aromatic heterocycles. The summed E-state index contributed by atoms with van der Waals surface area (Å²) in [7, 11) is -3.84. The smallest absolute Gasteiger partial charge is 0.407 e. The molecule has 0 aliphatic carbocycles. The van der Waals surface area contributed by atoms with Crippen LogP contribution in [0.3, 0.4) is 0 Å². The summed E-state index contributed by atoms with van der Waals surface area (Å²) in [5.41, 5.74) is 3.87. The lowest BCUT2D eigenvalue weighted by Crippen LogP contribution is -2.43. The summed E-state index contributed by atoms with van der Waals surface area (Å²) in [6, 6.07) is 9.03. The van der Waals surface area contributed by atoms with Crippen LogP contribution in [0.4, 0.5) is 10.5 Å². The van der Waals surface area contributed by atoms with Crippen molar-refractivity contribution in [2.24, 2.45) is 0 Å². The molecule has 10 nitrogen and oxygen atoms in total. The van der Waals surface area contributed by atoms with Gasteiger partial charge < -0.3 is 10.1 Å². The molecule has 1 aromatic carbocycles. The van der Waals surface area contributed by atoms with Crippen LogP contribution in [0, 0.1) is 0 Å². The molecule has 0 bridgehead atoms. The van der Waals surface area contributed by atoms with Gasteiger partial charge in [0.15, 0.2) is 0 Å². The molecule has 2 aromatic rings. The van der Waals surface area contributed by atoms with E-state index in [0.717, 1.165) is 11.3 Å². The van der Waals surface area contributed by atoms with Crippen molar-refractivity contribution in [3.05, 3.63) is 47.3 Å². The van der Waals surface area contributed by atoms with Gasteiger partial charge in [-0.3, -0.25) is 25.2 Å². The first-order chi connectivity index (χ1) is 14.5. The number of alkyl carbamates (subject to hydrolysis) is 1. The number of ether oxygens (including phenoxy) is 1. The number of anilines is 1. The van der Waals surface area contributed by atoms with Gasteiger partial charge in [-0.15, -0.1) is 11.3 Å². The number of nitrogens with one attached hydrogen (secondary N) is 4. The van der Waals surface area contributed by atoms with E-state index < -0.39 is 33.5 Å². The second kappa shape index (κ2) is 10.3. The first-order valence-electron chi connectivity index (χ1n) is 9.19. The van der Waals surface area contributed by atoms with Crippen molar-refractivity contribution in [2.75, 3.05) is 11.3 Å². The monoisotopic (exact) mass is 468 g/mol. The van der Waals surface area contributed by atoms with Gasteiger partial charge in [0.25, 0.3) is 15.9 Å². The lowest BCUT2D eigenvalue weighted by molar-refractivity contribution is -0.121. The molecule has 0 radical (unpaired) electrons. The first-order valence-corrected chi connectivity index (χ1v) is 11.6. The van der Waals surface area contributed by atoms with Gasteiger partial charge in [-0.2, -0.15) is 0 Å². The lowest BCUT2D eigenvalue weighted by atomic mass is 10.2. The summed E-state index contributed by atoms with van der Waals surface area (Å²) in [5.74, 6) is -1.26. The van der Waals surface area contributed by atoms with E-state index in [0.29, 0.717) is 0 Å². The number of hydrogen-bond donors (Lipinski definition) is 4. The maximum absolute atomic E-state index is 12.4. The van der Waals surface area contributed by atoms with E-state index in [1.807, 2.05) is 0 Å². The van der Waals surface area contributed by atoms with Gasteiger partial charge in [0, 0.05) is 13.0 Å². The Labute approximate surface area is 184 Å². The van der Waals surface area contributed by atoms with Crippen LogP contribution in [-0.4, -0.2) is 38.5 Å². The van der Waals surface area contributed by atoms with E-state index in [1.54, 1.807) is 44.4 Å². The Morgan fingerprint density at radius 2 is 1.74 bits per heavy atom. The summed E-state index contributed by atoms with van der Waals surface area (Å²) in [5, 5.41) is 4.05. The summed E-state index contributed by atoms with van der Waals surface area (Å²) < 4.78 is 32.4. The molecule has 2 rings (SSSR count). The van der Waals surface area contributed by atoms with Crippen LogP contribution in [0.25, 0.3) is 0 Å². The molecular weight excluding hydrogens is 444 g/mol. The van der Waals surface area contributed by atoms with Gasteiger partial charge in [0.05, 0.1) is 11.3 Å². The Kier molecular flexibility index (Phi) is 8.00. The molecular formula is C19H24N4O6S2. The minimum Gasteiger partial charge on any atom is -0.444 e. The van der Waals surface area contributed by atoms with Crippen LogP contribution in [0.5, 0.6) is 0 Å². The molecule has 0 spiro atoms. The average Bonchev–Trinajstić information content (AvgIpc) is 3.20. The summed E-state index contributed by atoms with van der Waals surface area (Å²) in [6.07, 6.45) is -0.761. The van der Waals surface area contributed by atoms with Crippen molar-refractivity contribution < 1.29 is 27.5 Å². The van der Waals surface area contributed by atoms with Gasteiger partial charge in [-0.1, -0.05) is 18.2 Å². The van der Waals surface area contributed by atoms with Crippen molar-refractivity contribution in [3.63, 3.8) is 0 Å². The third-order valence-electron chi connectivity index (χ3n) is 3.51. The van der Waals surface area contributed by atoms with Gasteiger partial charge in [-0.05, 0) is 44.4 Å². The first kappa shape index (κ1) is 24.2. The lowest BCUT2D eigenvalue weighted by Gasteiger charge is -2.19. The zero-order valence-electron chi connectivity index (χ0n) is 17.2. The number of sulfonamides is 1. The highest BCUT2D eigenvalue weighted by Crippen LogP contribution is 2.22. The van der Waals surface area contributed by atoms with Crippen LogP contribution < -0.4 is 20.9 Å². The van der Waals surface area contributed by atoms with Crippen LogP contribution in [0.15, 0.2) is 46.0 Å².